The predicted molar refractivity (Wildman–Crippen MR) is 67.0 cm³/mol. The number of aromatic amines is 1. The van der Waals surface area contributed by atoms with Crippen LogP contribution in [0.1, 0.15) is 5.56 Å². The van der Waals surface area contributed by atoms with E-state index in [2.05, 4.69) is 27.9 Å². The van der Waals surface area contributed by atoms with Crippen molar-refractivity contribution in [2.45, 2.75) is 6.42 Å². The Hall–Kier alpha value is -1.97. The van der Waals surface area contributed by atoms with Crippen molar-refractivity contribution in [3.05, 3.63) is 36.0 Å². The van der Waals surface area contributed by atoms with Crippen LogP contribution in [0.4, 0.5) is 4.79 Å². The van der Waals surface area contributed by atoms with Gasteiger partial charge in [0, 0.05) is 25.3 Å². The Kier molecular flexibility index (Phi) is 3.32. The third-order valence-electron chi connectivity index (χ3n) is 2.84. The van der Waals surface area contributed by atoms with Crippen LogP contribution in [0.3, 0.4) is 0 Å². The number of nitrogens with one attached hydrogen (secondary N) is 1. The summed E-state index contributed by atoms with van der Waals surface area (Å²) in [7, 11) is 3.13. The van der Waals surface area contributed by atoms with Gasteiger partial charge in [0.15, 0.2) is 0 Å². The van der Waals surface area contributed by atoms with Gasteiger partial charge in [0.1, 0.15) is 0 Å². The number of fused-ring (bicyclic) bond motifs is 1. The van der Waals surface area contributed by atoms with Crippen molar-refractivity contribution in [2.24, 2.45) is 0 Å². The number of aromatic nitrogens is 1. The number of rotatable bonds is 3. The summed E-state index contributed by atoms with van der Waals surface area (Å²) in [5, 5.41) is 1.20. The van der Waals surface area contributed by atoms with Crippen molar-refractivity contribution in [3.8, 4) is 0 Å². The van der Waals surface area contributed by atoms with Crippen LogP contribution >= 0.6 is 0 Å². The molecule has 1 heterocycles. The number of hydrogen-bond donors (Lipinski definition) is 1. The molecule has 4 nitrogen and oxygen atoms in total. The molecule has 1 aromatic carbocycles. The zero-order valence-corrected chi connectivity index (χ0v) is 10.1. The standard InChI is InChI=1S/C13H16N2O2/c1-15(13(16)17-2)8-6-10-3-4-12-11(9-10)5-7-14-12/h3-5,7,9,14H,6,8H2,1-2H3. The molecule has 0 fully saturated rings. The maximum absolute atomic E-state index is 11.2. The van der Waals surface area contributed by atoms with Gasteiger partial charge in [-0.2, -0.15) is 0 Å². The first-order valence-electron chi connectivity index (χ1n) is 5.56. The van der Waals surface area contributed by atoms with E-state index in [0.29, 0.717) is 6.54 Å². The molecule has 0 aliphatic carbocycles. The zero-order valence-electron chi connectivity index (χ0n) is 10.1. The van der Waals surface area contributed by atoms with Gasteiger partial charge >= 0.3 is 6.09 Å². The molecule has 0 aliphatic rings. The number of nitrogens with zero attached hydrogens (tertiary/aromatic N) is 1. The molecule has 0 saturated carbocycles. The number of likely N-dealkylation sites (N-methyl/N-ethyl adjacent to an activating group) is 1. The van der Waals surface area contributed by atoms with Gasteiger partial charge in [-0.1, -0.05) is 6.07 Å². The van der Waals surface area contributed by atoms with E-state index in [1.54, 1.807) is 11.9 Å². The highest BCUT2D eigenvalue weighted by atomic mass is 16.5. The number of methoxy groups -OCH3 is 1. The van der Waals surface area contributed by atoms with Gasteiger partial charge < -0.3 is 14.6 Å². The number of carbonyl (C=O) groups is 1. The van der Waals surface area contributed by atoms with Crippen molar-refractivity contribution < 1.29 is 9.53 Å². The summed E-state index contributed by atoms with van der Waals surface area (Å²) in [5.74, 6) is 0. The zero-order chi connectivity index (χ0) is 12.3. The molecule has 1 N–H and O–H groups in total. The first-order chi connectivity index (χ1) is 8.20. The molecule has 0 spiro atoms. The van der Waals surface area contributed by atoms with Gasteiger partial charge in [0.2, 0.25) is 0 Å². The third kappa shape index (κ3) is 2.58. The average molecular weight is 232 g/mol. The summed E-state index contributed by atoms with van der Waals surface area (Å²) >= 11 is 0. The van der Waals surface area contributed by atoms with Gasteiger partial charge in [0.25, 0.3) is 0 Å². The molecular weight excluding hydrogens is 216 g/mol. The quantitative estimate of drug-likeness (QED) is 0.883. The number of amides is 1. The summed E-state index contributed by atoms with van der Waals surface area (Å²) in [5.41, 5.74) is 2.35. The van der Waals surface area contributed by atoms with Gasteiger partial charge in [0.05, 0.1) is 7.11 Å². The molecule has 0 bridgehead atoms. The number of hydrogen-bond acceptors (Lipinski definition) is 2. The highest BCUT2D eigenvalue weighted by molar-refractivity contribution is 5.79. The molecule has 2 aromatic rings. The Bertz CT molecular complexity index is 519. The molecule has 1 amide bonds. The van der Waals surface area contributed by atoms with E-state index in [1.807, 2.05) is 12.3 Å². The molecule has 0 saturated heterocycles. The van der Waals surface area contributed by atoms with Gasteiger partial charge in [-0.05, 0) is 35.6 Å². The topological polar surface area (TPSA) is 45.3 Å². The van der Waals surface area contributed by atoms with Crippen LogP contribution in [0, 0.1) is 0 Å². The summed E-state index contributed by atoms with van der Waals surface area (Å²) < 4.78 is 4.64. The van der Waals surface area contributed by atoms with E-state index >= 15 is 0 Å². The van der Waals surface area contributed by atoms with E-state index < -0.39 is 0 Å². The fourth-order valence-corrected chi connectivity index (χ4v) is 1.80. The number of carbonyl (C=O) groups excluding carboxylic acids is 1. The number of benzene rings is 1. The van der Waals surface area contributed by atoms with Crippen molar-refractivity contribution in [3.63, 3.8) is 0 Å². The van der Waals surface area contributed by atoms with Gasteiger partial charge in [-0.25, -0.2) is 4.79 Å². The molecule has 0 aliphatic heterocycles. The second-order valence-corrected chi connectivity index (χ2v) is 4.04. The Morgan fingerprint density at radius 2 is 2.24 bits per heavy atom. The average Bonchev–Trinajstić information content (AvgIpc) is 2.82. The first kappa shape index (κ1) is 11.5. The fraction of sp³-hybridized carbons (Fsp3) is 0.308. The van der Waals surface area contributed by atoms with E-state index in [-0.39, 0.29) is 6.09 Å². The van der Waals surface area contributed by atoms with E-state index in [1.165, 1.54) is 18.1 Å². The van der Waals surface area contributed by atoms with E-state index in [9.17, 15) is 4.79 Å². The van der Waals surface area contributed by atoms with Crippen LogP contribution in [-0.2, 0) is 11.2 Å². The van der Waals surface area contributed by atoms with Crippen LogP contribution in [-0.4, -0.2) is 36.7 Å². The second kappa shape index (κ2) is 4.91. The lowest BCUT2D eigenvalue weighted by Crippen LogP contribution is -2.28. The highest BCUT2D eigenvalue weighted by Gasteiger charge is 2.07. The van der Waals surface area contributed by atoms with Crippen LogP contribution in [0.5, 0.6) is 0 Å². The normalized spacial score (nSPS) is 10.5. The molecule has 0 atom stereocenters. The predicted octanol–water partition coefficient (Wildman–Crippen LogP) is 2.41. The van der Waals surface area contributed by atoms with Gasteiger partial charge in [-0.15, -0.1) is 0 Å². The summed E-state index contributed by atoms with van der Waals surface area (Å²) in [4.78, 5) is 15.9. The van der Waals surface area contributed by atoms with Gasteiger partial charge in [-0.3, -0.25) is 0 Å². The van der Waals surface area contributed by atoms with E-state index in [0.717, 1.165) is 11.9 Å². The summed E-state index contributed by atoms with van der Waals surface area (Å²) in [6.07, 6.45) is 2.45. The molecule has 2 rings (SSSR count). The minimum atomic E-state index is -0.298. The van der Waals surface area contributed by atoms with Crippen LogP contribution in [0.2, 0.25) is 0 Å². The molecule has 0 unspecified atom stereocenters. The summed E-state index contributed by atoms with van der Waals surface area (Å²) in [6.45, 7) is 0.655. The minimum absolute atomic E-state index is 0.298. The lowest BCUT2D eigenvalue weighted by Gasteiger charge is -2.15. The number of ether oxygens (including phenoxy) is 1. The van der Waals surface area contributed by atoms with Crippen LogP contribution in [0.25, 0.3) is 10.9 Å². The van der Waals surface area contributed by atoms with Crippen molar-refractivity contribution in [2.75, 3.05) is 20.7 Å². The fourth-order valence-electron chi connectivity index (χ4n) is 1.80. The minimum Gasteiger partial charge on any atom is -0.453 e. The lowest BCUT2D eigenvalue weighted by molar-refractivity contribution is 0.134. The SMILES string of the molecule is COC(=O)N(C)CCc1ccc2[nH]ccc2c1. The first-order valence-corrected chi connectivity index (χ1v) is 5.56. The van der Waals surface area contributed by atoms with Crippen molar-refractivity contribution in [1.82, 2.24) is 9.88 Å². The largest absolute Gasteiger partial charge is 0.453 e. The van der Waals surface area contributed by atoms with Crippen LogP contribution < -0.4 is 0 Å². The molecule has 1 aromatic heterocycles. The van der Waals surface area contributed by atoms with Crippen molar-refractivity contribution in [1.29, 1.82) is 0 Å². The molecular formula is C13H16N2O2. The monoisotopic (exact) mass is 232 g/mol. The third-order valence-corrected chi connectivity index (χ3v) is 2.84. The second-order valence-electron chi connectivity index (χ2n) is 4.04. The summed E-state index contributed by atoms with van der Waals surface area (Å²) in [6, 6.07) is 8.31. The Labute approximate surface area is 100 Å². The van der Waals surface area contributed by atoms with E-state index in [4.69, 9.17) is 0 Å². The maximum Gasteiger partial charge on any atom is 0.409 e. The molecule has 4 heteroatoms. The number of H-pyrrole nitrogens is 1. The Morgan fingerprint density at radius 1 is 1.41 bits per heavy atom. The smallest absolute Gasteiger partial charge is 0.409 e. The maximum atomic E-state index is 11.2. The Balaban J connectivity index is 2.01. The Morgan fingerprint density at radius 3 is 3.00 bits per heavy atom. The molecule has 90 valence electrons. The van der Waals surface area contributed by atoms with Crippen LogP contribution in [0.15, 0.2) is 30.5 Å². The molecule has 17 heavy (non-hydrogen) atoms. The highest BCUT2D eigenvalue weighted by Crippen LogP contribution is 2.14. The van der Waals surface area contributed by atoms with Crippen molar-refractivity contribution >= 4 is 17.0 Å². The molecule has 0 radical (unpaired) electrons. The lowest BCUT2D eigenvalue weighted by atomic mass is 10.1.